The second kappa shape index (κ2) is 9.06. The van der Waals surface area contributed by atoms with Crippen molar-refractivity contribution in [1.29, 1.82) is 0 Å². The fourth-order valence-corrected chi connectivity index (χ4v) is 2.12. The summed E-state index contributed by atoms with van der Waals surface area (Å²) in [6, 6.07) is 4.83. The molecule has 0 heterocycles. The molecule has 0 fully saturated rings. The van der Waals surface area contributed by atoms with Gasteiger partial charge in [0, 0.05) is 18.8 Å². The number of rotatable bonds is 9. The average molecular weight is 283 g/mol. The van der Waals surface area contributed by atoms with Crippen LogP contribution in [-0.2, 0) is 9.47 Å². The summed E-state index contributed by atoms with van der Waals surface area (Å²) in [5.74, 6) is -0.228. The molecule has 0 aliphatic carbocycles. The molecule has 114 valence electrons. The molecule has 20 heavy (non-hydrogen) atoms. The van der Waals surface area contributed by atoms with Crippen molar-refractivity contribution >= 4 is 0 Å². The van der Waals surface area contributed by atoms with Crippen LogP contribution < -0.4 is 5.32 Å². The molecule has 1 aromatic carbocycles. The van der Waals surface area contributed by atoms with Gasteiger partial charge in [-0.25, -0.2) is 4.39 Å². The Balaban J connectivity index is 3.04. The van der Waals surface area contributed by atoms with E-state index in [1.807, 2.05) is 26.8 Å². The van der Waals surface area contributed by atoms with Crippen molar-refractivity contribution < 1.29 is 13.9 Å². The summed E-state index contributed by atoms with van der Waals surface area (Å²) < 4.78 is 25.4. The van der Waals surface area contributed by atoms with Gasteiger partial charge in [0.1, 0.15) is 5.82 Å². The molecule has 0 saturated heterocycles. The maximum absolute atomic E-state index is 14.1. The maximum Gasteiger partial charge on any atom is 0.176 e. The maximum atomic E-state index is 14.1. The van der Waals surface area contributed by atoms with Crippen LogP contribution in [0.2, 0.25) is 0 Å². The highest BCUT2D eigenvalue weighted by Gasteiger charge is 2.26. The minimum atomic E-state index is -0.479. The highest BCUT2D eigenvalue weighted by Crippen LogP contribution is 2.24. The zero-order valence-corrected chi connectivity index (χ0v) is 12.9. The van der Waals surface area contributed by atoms with E-state index in [-0.39, 0.29) is 11.9 Å². The van der Waals surface area contributed by atoms with Crippen LogP contribution in [0.25, 0.3) is 0 Å². The van der Waals surface area contributed by atoms with Crippen LogP contribution in [-0.4, -0.2) is 26.0 Å². The number of aryl methyl sites for hydroxylation is 1. The van der Waals surface area contributed by atoms with Crippen LogP contribution in [0.4, 0.5) is 4.39 Å². The van der Waals surface area contributed by atoms with Gasteiger partial charge in [-0.2, -0.15) is 0 Å². The molecule has 1 aromatic rings. The molecule has 0 aromatic heterocycles. The molecule has 0 bridgehead atoms. The molecule has 0 radical (unpaired) electrons. The highest BCUT2D eigenvalue weighted by molar-refractivity contribution is 5.27. The fourth-order valence-electron chi connectivity index (χ4n) is 2.12. The van der Waals surface area contributed by atoms with Gasteiger partial charge in [0.05, 0.1) is 6.04 Å². The Hall–Kier alpha value is -0.970. The van der Waals surface area contributed by atoms with Crippen molar-refractivity contribution in [2.45, 2.75) is 46.4 Å². The quantitative estimate of drug-likeness (QED) is 0.703. The largest absolute Gasteiger partial charge is 0.351 e. The Morgan fingerprint density at radius 3 is 2.35 bits per heavy atom. The van der Waals surface area contributed by atoms with Gasteiger partial charge in [-0.1, -0.05) is 24.6 Å². The van der Waals surface area contributed by atoms with Crippen molar-refractivity contribution in [3.8, 4) is 0 Å². The third kappa shape index (κ3) is 4.85. The van der Waals surface area contributed by atoms with Gasteiger partial charge in [0.2, 0.25) is 0 Å². The summed E-state index contributed by atoms with van der Waals surface area (Å²) in [5, 5.41) is 3.33. The molecule has 1 N–H and O–H groups in total. The van der Waals surface area contributed by atoms with E-state index >= 15 is 0 Å². The third-order valence-electron chi connectivity index (χ3n) is 3.03. The number of hydrogen-bond donors (Lipinski definition) is 1. The van der Waals surface area contributed by atoms with Crippen molar-refractivity contribution in [3.63, 3.8) is 0 Å². The molecule has 3 nitrogen and oxygen atoms in total. The third-order valence-corrected chi connectivity index (χ3v) is 3.03. The summed E-state index contributed by atoms with van der Waals surface area (Å²) >= 11 is 0. The first kappa shape index (κ1) is 17.1. The van der Waals surface area contributed by atoms with Crippen molar-refractivity contribution in [2.24, 2.45) is 0 Å². The molecule has 1 atom stereocenters. The van der Waals surface area contributed by atoms with E-state index in [4.69, 9.17) is 9.47 Å². The molecule has 0 aliphatic rings. The van der Waals surface area contributed by atoms with Gasteiger partial charge in [-0.05, 0) is 39.8 Å². The van der Waals surface area contributed by atoms with Gasteiger partial charge >= 0.3 is 0 Å². The van der Waals surface area contributed by atoms with Crippen LogP contribution in [0.5, 0.6) is 0 Å². The van der Waals surface area contributed by atoms with E-state index < -0.39 is 6.29 Å². The molecule has 0 amide bonds. The van der Waals surface area contributed by atoms with E-state index in [1.165, 1.54) is 6.07 Å². The zero-order chi connectivity index (χ0) is 15.0. The number of nitrogens with one attached hydrogen (secondary N) is 1. The Kier molecular flexibility index (Phi) is 7.73. The van der Waals surface area contributed by atoms with Gasteiger partial charge in [0.25, 0.3) is 0 Å². The first-order valence-corrected chi connectivity index (χ1v) is 7.36. The van der Waals surface area contributed by atoms with Crippen LogP contribution in [0.15, 0.2) is 18.2 Å². The lowest BCUT2D eigenvalue weighted by Gasteiger charge is -2.28. The molecular weight excluding hydrogens is 257 g/mol. The Labute approximate surface area is 121 Å². The van der Waals surface area contributed by atoms with Crippen LogP contribution in [0, 0.1) is 12.7 Å². The predicted molar refractivity (Wildman–Crippen MR) is 79.2 cm³/mol. The Morgan fingerprint density at radius 2 is 1.80 bits per heavy atom. The molecule has 1 rings (SSSR count). The Morgan fingerprint density at radius 1 is 1.15 bits per heavy atom. The second-order valence-corrected chi connectivity index (χ2v) is 4.74. The lowest BCUT2D eigenvalue weighted by Crippen LogP contribution is -2.37. The second-order valence-electron chi connectivity index (χ2n) is 4.74. The molecule has 0 spiro atoms. The first-order chi connectivity index (χ1) is 9.63. The van der Waals surface area contributed by atoms with Crippen molar-refractivity contribution in [1.82, 2.24) is 5.32 Å². The molecule has 0 aliphatic heterocycles. The minimum Gasteiger partial charge on any atom is -0.351 e. The van der Waals surface area contributed by atoms with E-state index in [0.717, 1.165) is 18.5 Å². The SMILES string of the molecule is CCCNC(c1cc(C)ccc1F)C(OCC)OCC. The lowest BCUT2D eigenvalue weighted by molar-refractivity contribution is -0.155. The van der Waals surface area contributed by atoms with E-state index in [9.17, 15) is 4.39 Å². The normalized spacial score (nSPS) is 12.9. The Bertz CT molecular complexity index is 392. The molecule has 0 saturated carbocycles. The van der Waals surface area contributed by atoms with E-state index in [2.05, 4.69) is 12.2 Å². The number of halogens is 1. The molecular formula is C16H26FNO2. The van der Waals surface area contributed by atoms with Crippen molar-refractivity contribution in [3.05, 3.63) is 35.1 Å². The summed E-state index contributed by atoms with van der Waals surface area (Å²) in [6.07, 6.45) is 0.488. The average Bonchev–Trinajstić information content (AvgIpc) is 2.43. The van der Waals surface area contributed by atoms with Gasteiger partial charge in [-0.3, -0.25) is 0 Å². The van der Waals surface area contributed by atoms with Crippen molar-refractivity contribution in [2.75, 3.05) is 19.8 Å². The van der Waals surface area contributed by atoms with Gasteiger partial charge in [0.15, 0.2) is 6.29 Å². The monoisotopic (exact) mass is 283 g/mol. The highest BCUT2D eigenvalue weighted by atomic mass is 19.1. The number of ether oxygens (including phenoxy) is 2. The van der Waals surface area contributed by atoms with Crippen LogP contribution >= 0.6 is 0 Å². The zero-order valence-electron chi connectivity index (χ0n) is 12.9. The topological polar surface area (TPSA) is 30.5 Å². The first-order valence-electron chi connectivity index (χ1n) is 7.36. The van der Waals surface area contributed by atoms with Gasteiger partial charge in [-0.15, -0.1) is 0 Å². The summed E-state index contributed by atoms with van der Waals surface area (Å²) in [6.45, 7) is 9.70. The van der Waals surface area contributed by atoms with Gasteiger partial charge < -0.3 is 14.8 Å². The summed E-state index contributed by atoms with van der Waals surface area (Å²) in [4.78, 5) is 0. The fraction of sp³-hybridized carbons (Fsp3) is 0.625. The summed E-state index contributed by atoms with van der Waals surface area (Å²) in [5.41, 5.74) is 1.63. The molecule has 4 heteroatoms. The van der Waals surface area contributed by atoms with E-state index in [0.29, 0.717) is 18.8 Å². The van der Waals surface area contributed by atoms with Crippen LogP contribution in [0.3, 0.4) is 0 Å². The predicted octanol–water partition coefficient (Wildman–Crippen LogP) is 3.57. The smallest absolute Gasteiger partial charge is 0.176 e. The summed E-state index contributed by atoms with van der Waals surface area (Å²) in [7, 11) is 0. The molecule has 1 unspecified atom stereocenters. The number of benzene rings is 1. The van der Waals surface area contributed by atoms with Crippen LogP contribution in [0.1, 0.15) is 44.4 Å². The standard InChI is InChI=1S/C16H26FNO2/c1-5-10-18-15(16(19-6-2)20-7-3)13-11-12(4)8-9-14(13)17/h8-9,11,15-16,18H,5-7,10H2,1-4H3. The number of hydrogen-bond acceptors (Lipinski definition) is 3. The minimum absolute atomic E-state index is 0.228. The van der Waals surface area contributed by atoms with E-state index in [1.54, 1.807) is 6.07 Å². The lowest BCUT2D eigenvalue weighted by atomic mass is 10.0.